The molecule has 0 saturated carbocycles. The predicted molar refractivity (Wildman–Crippen MR) is 98.0 cm³/mol. The lowest BCUT2D eigenvalue weighted by atomic mass is 10.1. The summed E-state index contributed by atoms with van der Waals surface area (Å²) in [5.41, 5.74) is 2.44. The van der Waals surface area contributed by atoms with Gasteiger partial charge in [-0.2, -0.15) is 0 Å². The number of carbonyl (C=O) groups is 1. The fourth-order valence-corrected chi connectivity index (χ4v) is 3.59. The smallest absolute Gasteiger partial charge is 0.266 e. The largest absolute Gasteiger partial charge is 0.507 e. The van der Waals surface area contributed by atoms with Crippen LogP contribution in [0, 0.1) is 6.92 Å². The second-order valence-corrected chi connectivity index (χ2v) is 6.94. The Labute approximate surface area is 144 Å². The summed E-state index contributed by atoms with van der Waals surface area (Å²) >= 11 is 6.60. The highest BCUT2D eigenvalue weighted by molar-refractivity contribution is 8.26. The summed E-state index contributed by atoms with van der Waals surface area (Å²) in [6.45, 7) is 2.29. The summed E-state index contributed by atoms with van der Waals surface area (Å²) in [6.07, 6.45) is 1.70. The van der Waals surface area contributed by atoms with Gasteiger partial charge in [-0.25, -0.2) is 0 Å². The molecule has 3 rings (SSSR count). The molecule has 0 bridgehead atoms. The summed E-state index contributed by atoms with van der Waals surface area (Å²) in [5.74, 6) is 0.0746. The van der Waals surface area contributed by atoms with Crippen LogP contribution < -0.4 is 0 Å². The van der Waals surface area contributed by atoms with Crippen LogP contribution in [0.5, 0.6) is 5.75 Å². The average molecular weight is 341 g/mol. The Morgan fingerprint density at radius 3 is 2.65 bits per heavy atom. The highest BCUT2D eigenvalue weighted by Crippen LogP contribution is 2.35. The standard InChI is InChI=1S/C18H15NO2S2/c1-12-6-5-9-14(16(12)20)10-15-17(21)19(18(22)23-15)11-13-7-3-2-4-8-13/h2-10,20H,11H2,1H3. The van der Waals surface area contributed by atoms with E-state index in [1.807, 2.05) is 49.4 Å². The molecule has 0 aromatic heterocycles. The van der Waals surface area contributed by atoms with Gasteiger partial charge < -0.3 is 5.11 Å². The molecule has 1 aliphatic rings. The number of amides is 1. The maximum atomic E-state index is 12.6. The van der Waals surface area contributed by atoms with E-state index in [2.05, 4.69) is 0 Å². The van der Waals surface area contributed by atoms with Gasteiger partial charge in [-0.05, 0) is 24.1 Å². The Hall–Kier alpha value is -2.11. The fraction of sp³-hybridized carbons (Fsp3) is 0.111. The van der Waals surface area contributed by atoms with E-state index in [4.69, 9.17) is 12.2 Å². The first kappa shape index (κ1) is 15.8. The first-order valence-corrected chi connectivity index (χ1v) is 8.36. The number of carbonyl (C=O) groups excluding carboxylic acids is 1. The number of aryl methyl sites for hydroxylation is 1. The van der Waals surface area contributed by atoms with Gasteiger partial charge in [0.25, 0.3) is 5.91 Å². The molecule has 1 amide bonds. The maximum absolute atomic E-state index is 12.6. The Morgan fingerprint density at radius 2 is 1.91 bits per heavy atom. The lowest BCUT2D eigenvalue weighted by Crippen LogP contribution is -2.27. The second kappa shape index (κ2) is 6.56. The summed E-state index contributed by atoms with van der Waals surface area (Å²) < 4.78 is 0.539. The minimum atomic E-state index is -0.121. The van der Waals surface area contributed by atoms with Crippen LogP contribution in [-0.2, 0) is 11.3 Å². The minimum absolute atomic E-state index is 0.121. The third-order valence-electron chi connectivity index (χ3n) is 3.61. The number of rotatable bonds is 3. The molecule has 0 spiro atoms. The zero-order valence-electron chi connectivity index (χ0n) is 12.5. The van der Waals surface area contributed by atoms with Crippen molar-refractivity contribution in [1.29, 1.82) is 0 Å². The van der Waals surface area contributed by atoms with Gasteiger partial charge in [0.2, 0.25) is 0 Å². The van der Waals surface area contributed by atoms with Gasteiger partial charge in [0.15, 0.2) is 0 Å². The number of hydrogen-bond acceptors (Lipinski definition) is 4. The highest BCUT2D eigenvalue weighted by atomic mass is 32.2. The van der Waals surface area contributed by atoms with E-state index in [0.717, 1.165) is 11.1 Å². The maximum Gasteiger partial charge on any atom is 0.266 e. The van der Waals surface area contributed by atoms with E-state index in [9.17, 15) is 9.90 Å². The van der Waals surface area contributed by atoms with Crippen molar-refractivity contribution in [2.45, 2.75) is 13.5 Å². The molecule has 0 unspecified atom stereocenters. The Balaban J connectivity index is 1.86. The molecule has 23 heavy (non-hydrogen) atoms. The molecule has 116 valence electrons. The highest BCUT2D eigenvalue weighted by Gasteiger charge is 2.32. The fourth-order valence-electron chi connectivity index (χ4n) is 2.34. The van der Waals surface area contributed by atoms with Gasteiger partial charge in [0.1, 0.15) is 10.1 Å². The number of para-hydroxylation sites is 1. The van der Waals surface area contributed by atoms with Crippen molar-refractivity contribution in [3.8, 4) is 5.75 Å². The van der Waals surface area contributed by atoms with E-state index in [1.165, 1.54) is 11.8 Å². The van der Waals surface area contributed by atoms with Crippen molar-refractivity contribution in [3.05, 3.63) is 70.1 Å². The van der Waals surface area contributed by atoms with E-state index < -0.39 is 0 Å². The van der Waals surface area contributed by atoms with Gasteiger partial charge in [0, 0.05) is 5.56 Å². The van der Waals surface area contributed by atoms with E-state index in [-0.39, 0.29) is 11.7 Å². The van der Waals surface area contributed by atoms with Gasteiger partial charge in [-0.1, -0.05) is 72.5 Å². The van der Waals surface area contributed by atoms with Crippen molar-refractivity contribution in [2.24, 2.45) is 0 Å². The van der Waals surface area contributed by atoms with Crippen LogP contribution in [0.2, 0.25) is 0 Å². The Kier molecular flexibility index (Phi) is 4.50. The molecule has 5 heteroatoms. The average Bonchev–Trinajstić information content (AvgIpc) is 2.80. The molecule has 0 aliphatic carbocycles. The Morgan fingerprint density at radius 1 is 1.17 bits per heavy atom. The number of phenols is 1. The molecule has 1 N–H and O–H groups in total. The van der Waals surface area contributed by atoms with Gasteiger partial charge in [-0.15, -0.1) is 0 Å². The molecule has 2 aromatic rings. The number of thioether (sulfide) groups is 1. The summed E-state index contributed by atoms with van der Waals surface area (Å²) in [6, 6.07) is 15.2. The monoisotopic (exact) mass is 341 g/mol. The van der Waals surface area contributed by atoms with Crippen LogP contribution in [0.4, 0.5) is 0 Å². The number of phenolic OH excluding ortho intramolecular Hbond substituents is 1. The topological polar surface area (TPSA) is 40.5 Å². The Bertz CT molecular complexity index is 800. The number of aromatic hydroxyl groups is 1. The van der Waals surface area contributed by atoms with Crippen molar-refractivity contribution >= 4 is 40.3 Å². The second-order valence-electron chi connectivity index (χ2n) is 5.27. The van der Waals surface area contributed by atoms with Gasteiger partial charge in [0.05, 0.1) is 11.4 Å². The molecule has 2 aromatic carbocycles. The predicted octanol–water partition coefficient (Wildman–Crippen LogP) is 4.10. The molecule has 3 nitrogen and oxygen atoms in total. The van der Waals surface area contributed by atoms with E-state index >= 15 is 0 Å². The molecule has 1 aliphatic heterocycles. The SMILES string of the molecule is Cc1cccc(C=C2SC(=S)N(Cc3ccccc3)C2=O)c1O. The molecule has 1 heterocycles. The van der Waals surface area contributed by atoms with Crippen LogP contribution >= 0.6 is 24.0 Å². The number of nitrogens with zero attached hydrogens (tertiary/aromatic N) is 1. The molecule has 0 radical (unpaired) electrons. The number of thiocarbonyl (C=S) groups is 1. The van der Waals surface area contributed by atoms with E-state index in [1.54, 1.807) is 17.0 Å². The lowest BCUT2D eigenvalue weighted by Gasteiger charge is -2.14. The van der Waals surface area contributed by atoms with Crippen molar-refractivity contribution in [1.82, 2.24) is 4.90 Å². The zero-order valence-corrected chi connectivity index (χ0v) is 14.2. The summed E-state index contributed by atoms with van der Waals surface area (Å²) in [4.78, 5) is 14.7. The minimum Gasteiger partial charge on any atom is -0.507 e. The van der Waals surface area contributed by atoms with Gasteiger partial charge in [-0.3, -0.25) is 9.69 Å². The number of hydrogen-bond donors (Lipinski definition) is 1. The quantitative estimate of drug-likeness (QED) is 0.674. The van der Waals surface area contributed by atoms with Crippen molar-refractivity contribution in [3.63, 3.8) is 0 Å². The van der Waals surface area contributed by atoms with Crippen LogP contribution in [0.15, 0.2) is 53.4 Å². The first-order chi connectivity index (χ1) is 11.1. The molecule has 0 atom stereocenters. The van der Waals surface area contributed by atoms with Gasteiger partial charge >= 0.3 is 0 Å². The van der Waals surface area contributed by atoms with E-state index in [0.29, 0.717) is 21.3 Å². The zero-order chi connectivity index (χ0) is 16.4. The summed E-state index contributed by atoms with van der Waals surface area (Å²) in [5, 5.41) is 10.1. The molecule has 1 saturated heterocycles. The summed E-state index contributed by atoms with van der Waals surface area (Å²) in [7, 11) is 0. The van der Waals surface area contributed by atoms with Crippen LogP contribution in [0.3, 0.4) is 0 Å². The normalized spacial score (nSPS) is 16.4. The van der Waals surface area contributed by atoms with Crippen LogP contribution in [0.1, 0.15) is 16.7 Å². The molecule has 1 fully saturated rings. The van der Waals surface area contributed by atoms with Crippen molar-refractivity contribution < 1.29 is 9.90 Å². The van der Waals surface area contributed by atoms with Crippen LogP contribution in [0.25, 0.3) is 6.08 Å². The van der Waals surface area contributed by atoms with Crippen molar-refractivity contribution in [2.75, 3.05) is 0 Å². The van der Waals surface area contributed by atoms with Crippen LogP contribution in [-0.4, -0.2) is 20.2 Å². The lowest BCUT2D eigenvalue weighted by molar-refractivity contribution is -0.122. The third kappa shape index (κ3) is 3.30. The third-order valence-corrected chi connectivity index (χ3v) is 4.99. The molecular weight excluding hydrogens is 326 g/mol. The number of benzene rings is 2. The first-order valence-electron chi connectivity index (χ1n) is 7.14. The molecular formula is C18H15NO2S2.